The molecule has 2 heterocycles. The lowest BCUT2D eigenvalue weighted by Gasteiger charge is -2.35. The lowest BCUT2D eigenvalue weighted by molar-refractivity contribution is 0.197. The fraction of sp³-hybridized carbons (Fsp3) is 0.375. The molecule has 0 saturated carbocycles. The van der Waals surface area contributed by atoms with Crippen LogP contribution in [-0.4, -0.2) is 36.2 Å². The summed E-state index contributed by atoms with van der Waals surface area (Å²) < 4.78 is 0.975. The molecule has 23 heavy (non-hydrogen) atoms. The van der Waals surface area contributed by atoms with E-state index in [0.29, 0.717) is 5.75 Å². The average molecular weight is 440 g/mol. The first-order valence-electron chi connectivity index (χ1n) is 7.14. The van der Waals surface area contributed by atoms with Crippen molar-refractivity contribution in [1.29, 1.82) is 0 Å². The van der Waals surface area contributed by atoms with Crippen LogP contribution in [0.15, 0.2) is 34.1 Å². The molecule has 128 valence electrons. The zero-order valence-electron chi connectivity index (χ0n) is 12.8. The number of piperazine rings is 1. The lowest BCUT2D eigenvalue weighted by Crippen LogP contribution is -2.45. The van der Waals surface area contributed by atoms with Gasteiger partial charge in [-0.1, -0.05) is 28.1 Å². The molecule has 0 bridgehead atoms. The Balaban J connectivity index is 0.00000132. The minimum atomic E-state index is 0. The third-order valence-electron chi connectivity index (χ3n) is 3.97. The molecule has 1 aromatic carbocycles. The maximum Gasteiger partial charge on any atom is 0.124 e. The lowest BCUT2D eigenvalue weighted by atomic mass is 9.99. The Morgan fingerprint density at radius 3 is 2.52 bits per heavy atom. The number of rotatable bonds is 3. The van der Waals surface area contributed by atoms with E-state index in [1.54, 1.807) is 11.3 Å². The van der Waals surface area contributed by atoms with Crippen molar-refractivity contribution in [3.8, 4) is 5.75 Å². The van der Waals surface area contributed by atoms with Gasteiger partial charge in [-0.05, 0) is 30.0 Å². The number of aryl methyl sites for hydroxylation is 1. The fourth-order valence-corrected chi connectivity index (χ4v) is 4.25. The largest absolute Gasteiger partial charge is 0.507 e. The second-order valence-electron chi connectivity index (χ2n) is 5.33. The highest BCUT2D eigenvalue weighted by molar-refractivity contribution is 9.10. The second kappa shape index (κ2) is 9.25. The van der Waals surface area contributed by atoms with Crippen molar-refractivity contribution in [1.82, 2.24) is 10.2 Å². The highest BCUT2D eigenvalue weighted by Gasteiger charge is 2.29. The molecule has 3 nitrogen and oxygen atoms in total. The first-order valence-corrected chi connectivity index (χ1v) is 8.82. The Kier molecular flexibility index (Phi) is 8.35. The predicted octanol–water partition coefficient (Wildman–Crippen LogP) is 4.36. The van der Waals surface area contributed by atoms with E-state index in [1.165, 1.54) is 4.88 Å². The van der Waals surface area contributed by atoms with Crippen LogP contribution in [0, 0.1) is 6.92 Å². The Hall–Kier alpha value is -0.300. The highest BCUT2D eigenvalue weighted by Crippen LogP contribution is 2.42. The van der Waals surface area contributed by atoms with E-state index in [0.717, 1.165) is 41.8 Å². The number of hydrogen-bond acceptors (Lipinski definition) is 4. The fourth-order valence-electron chi connectivity index (χ4n) is 2.84. The SMILES string of the molecule is Cc1ccc(Br)c([C@H](c2cccs2)N2CCNCC2)c1O.Cl.Cl. The molecule has 1 fully saturated rings. The summed E-state index contributed by atoms with van der Waals surface area (Å²) >= 11 is 5.39. The van der Waals surface area contributed by atoms with Crippen LogP contribution < -0.4 is 5.32 Å². The smallest absolute Gasteiger partial charge is 0.124 e. The van der Waals surface area contributed by atoms with Gasteiger partial charge in [-0.25, -0.2) is 0 Å². The molecule has 0 radical (unpaired) electrons. The molecule has 2 aromatic rings. The van der Waals surface area contributed by atoms with Gasteiger partial charge in [0, 0.05) is 41.1 Å². The Morgan fingerprint density at radius 2 is 1.91 bits per heavy atom. The van der Waals surface area contributed by atoms with E-state index in [9.17, 15) is 5.11 Å². The molecule has 3 rings (SSSR count). The number of benzene rings is 1. The molecule has 1 aromatic heterocycles. The van der Waals surface area contributed by atoms with Gasteiger partial charge >= 0.3 is 0 Å². The van der Waals surface area contributed by atoms with Crippen LogP contribution in [0.4, 0.5) is 0 Å². The first kappa shape index (κ1) is 20.7. The third kappa shape index (κ3) is 4.41. The van der Waals surface area contributed by atoms with E-state index in [-0.39, 0.29) is 30.9 Å². The number of halogens is 3. The van der Waals surface area contributed by atoms with E-state index in [4.69, 9.17) is 0 Å². The number of thiophene rings is 1. The third-order valence-corrected chi connectivity index (χ3v) is 5.58. The molecule has 7 heteroatoms. The number of nitrogens with one attached hydrogen (secondary N) is 1. The summed E-state index contributed by atoms with van der Waals surface area (Å²) in [6.45, 7) is 5.91. The summed E-state index contributed by atoms with van der Waals surface area (Å²) in [6, 6.07) is 8.34. The van der Waals surface area contributed by atoms with Crippen molar-refractivity contribution in [3.63, 3.8) is 0 Å². The molecular formula is C16H21BrCl2N2OS. The quantitative estimate of drug-likeness (QED) is 0.745. The van der Waals surface area contributed by atoms with E-state index < -0.39 is 0 Å². The molecule has 1 saturated heterocycles. The molecule has 0 spiro atoms. The zero-order chi connectivity index (χ0) is 14.8. The first-order chi connectivity index (χ1) is 10.2. The van der Waals surface area contributed by atoms with Gasteiger partial charge in [0.2, 0.25) is 0 Å². The summed E-state index contributed by atoms with van der Waals surface area (Å²) in [6.07, 6.45) is 0. The van der Waals surface area contributed by atoms with Crippen molar-refractivity contribution in [2.75, 3.05) is 26.2 Å². The van der Waals surface area contributed by atoms with Crippen molar-refractivity contribution < 1.29 is 5.11 Å². The monoisotopic (exact) mass is 438 g/mol. The van der Waals surface area contributed by atoms with Crippen molar-refractivity contribution >= 4 is 52.1 Å². The standard InChI is InChI=1S/C16H19BrN2OS.2ClH/c1-11-4-5-12(17)14(16(11)20)15(13-3-2-10-21-13)19-8-6-18-7-9-19;;/h2-5,10,15,18,20H,6-9H2,1H3;2*1H/t15-;;/m0../s1. The number of hydrogen-bond donors (Lipinski definition) is 2. The Morgan fingerprint density at radius 1 is 1.22 bits per heavy atom. The molecule has 0 amide bonds. The molecule has 1 aliphatic heterocycles. The van der Waals surface area contributed by atoms with E-state index >= 15 is 0 Å². The molecule has 2 N–H and O–H groups in total. The summed E-state index contributed by atoms with van der Waals surface area (Å²) in [7, 11) is 0. The molecule has 1 atom stereocenters. The average Bonchev–Trinajstić information content (AvgIpc) is 3.02. The van der Waals surface area contributed by atoms with E-state index in [2.05, 4.69) is 43.7 Å². The van der Waals surface area contributed by atoms with Gasteiger partial charge in [0.15, 0.2) is 0 Å². The van der Waals surface area contributed by atoms with Gasteiger partial charge in [0.05, 0.1) is 6.04 Å². The van der Waals surface area contributed by atoms with Crippen LogP contribution in [0.2, 0.25) is 0 Å². The maximum atomic E-state index is 10.6. The minimum Gasteiger partial charge on any atom is -0.507 e. The predicted molar refractivity (Wildman–Crippen MR) is 106 cm³/mol. The van der Waals surface area contributed by atoms with Gasteiger partial charge in [-0.3, -0.25) is 4.90 Å². The molecule has 0 aliphatic carbocycles. The number of aromatic hydroxyl groups is 1. The number of nitrogens with zero attached hydrogens (tertiary/aromatic N) is 1. The topological polar surface area (TPSA) is 35.5 Å². The second-order valence-corrected chi connectivity index (χ2v) is 7.16. The summed E-state index contributed by atoms with van der Waals surface area (Å²) in [4.78, 5) is 3.72. The van der Waals surface area contributed by atoms with Crippen molar-refractivity contribution in [3.05, 3.63) is 50.1 Å². The van der Waals surface area contributed by atoms with Gasteiger partial charge in [0.1, 0.15) is 5.75 Å². The molecular weight excluding hydrogens is 419 g/mol. The Bertz CT molecular complexity index is 619. The van der Waals surface area contributed by atoms with Crippen molar-refractivity contribution in [2.24, 2.45) is 0 Å². The van der Waals surface area contributed by atoms with Gasteiger partial charge in [0.25, 0.3) is 0 Å². The van der Waals surface area contributed by atoms with Gasteiger partial charge in [-0.2, -0.15) is 0 Å². The highest BCUT2D eigenvalue weighted by atomic mass is 79.9. The van der Waals surface area contributed by atoms with Gasteiger partial charge in [-0.15, -0.1) is 36.2 Å². The van der Waals surface area contributed by atoms with Gasteiger partial charge < -0.3 is 10.4 Å². The van der Waals surface area contributed by atoms with Crippen LogP contribution >= 0.6 is 52.1 Å². The molecule has 0 unspecified atom stereocenters. The Labute approximate surface area is 162 Å². The van der Waals surface area contributed by atoms with Crippen LogP contribution in [0.1, 0.15) is 22.0 Å². The zero-order valence-corrected chi connectivity index (χ0v) is 16.8. The van der Waals surface area contributed by atoms with E-state index in [1.807, 2.05) is 19.1 Å². The number of phenolic OH excluding ortho intramolecular Hbond substituents is 1. The van der Waals surface area contributed by atoms with Crippen LogP contribution in [0.3, 0.4) is 0 Å². The summed E-state index contributed by atoms with van der Waals surface area (Å²) in [5.41, 5.74) is 1.91. The van der Waals surface area contributed by atoms with Crippen LogP contribution in [0.5, 0.6) is 5.75 Å². The minimum absolute atomic E-state index is 0. The van der Waals surface area contributed by atoms with Crippen LogP contribution in [-0.2, 0) is 0 Å². The number of phenols is 1. The maximum absolute atomic E-state index is 10.6. The summed E-state index contributed by atoms with van der Waals surface area (Å²) in [5, 5.41) is 16.1. The normalized spacial score (nSPS) is 16.3. The summed E-state index contributed by atoms with van der Waals surface area (Å²) in [5.74, 6) is 0.404. The van der Waals surface area contributed by atoms with Crippen LogP contribution in [0.25, 0.3) is 0 Å². The molecule has 1 aliphatic rings. The van der Waals surface area contributed by atoms with Crippen molar-refractivity contribution in [2.45, 2.75) is 13.0 Å².